The Hall–Kier alpha value is -2.15. The van der Waals surface area contributed by atoms with E-state index in [2.05, 4.69) is 0 Å². The summed E-state index contributed by atoms with van der Waals surface area (Å²) in [7, 11) is 0. The second-order valence-corrected chi connectivity index (χ2v) is 7.13. The zero-order valence-corrected chi connectivity index (χ0v) is 14.9. The maximum atomic E-state index is 12.5. The van der Waals surface area contributed by atoms with Crippen molar-refractivity contribution in [1.82, 2.24) is 4.90 Å². The minimum atomic E-state index is -0.492. The van der Waals surface area contributed by atoms with Gasteiger partial charge < -0.3 is 10.2 Å². The molecule has 0 bridgehead atoms. The second-order valence-electron chi connectivity index (χ2n) is 5.26. The van der Waals surface area contributed by atoms with Gasteiger partial charge in [0.2, 0.25) is 0 Å². The van der Waals surface area contributed by atoms with Crippen LogP contribution in [0.3, 0.4) is 0 Å². The van der Waals surface area contributed by atoms with Crippen molar-refractivity contribution in [2.24, 2.45) is 0 Å². The van der Waals surface area contributed by atoms with Gasteiger partial charge in [0.1, 0.15) is 0 Å². The Labute approximate surface area is 157 Å². The molecule has 1 saturated heterocycles. The Balaban J connectivity index is 1.87. The highest BCUT2D eigenvalue weighted by molar-refractivity contribution is 8.18. The molecule has 0 atom stereocenters. The van der Waals surface area contributed by atoms with Crippen molar-refractivity contribution in [3.63, 3.8) is 0 Å². The molecular formula is C17H11Cl2NO4S. The van der Waals surface area contributed by atoms with Crippen LogP contribution in [0.4, 0.5) is 4.79 Å². The molecule has 0 spiro atoms. The van der Waals surface area contributed by atoms with Crippen LogP contribution in [0.5, 0.6) is 11.5 Å². The maximum absolute atomic E-state index is 12.5. The highest BCUT2D eigenvalue weighted by atomic mass is 35.5. The summed E-state index contributed by atoms with van der Waals surface area (Å²) in [6.07, 6.45) is 1.37. The molecule has 0 radical (unpaired) electrons. The van der Waals surface area contributed by atoms with E-state index in [1.54, 1.807) is 18.2 Å². The first kappa shape index (κ1) is 17.7. The van der Waals surface area contributed by atoms with Crippen LogP contribution in [-0.2, 0) is 11.3 Å². The molecule has 0 saturated carbocycles. The Bertz CT molecular complexity index is 893. The van der Waals surface area contributed by atoms with E-state index in [1.165, 1.54) is 24.3 Å². The minimum Gasteiger partial charge on any atom is -0.504 e. The minimum absolute atomic E-state index is 0.0360. The van der Waals surface area contributed by atoms with E-state index in [-0.39, 0.29) is 28.5 Å². The van der Waals surface area contributed by atoms with Crippen molar-refractivity contribution in [2.75, 3.05) is 0 Å². The number of rotatable bonds is 3. The Morgan fingerprint density at radius 1 is 1.08 bits per heavy atom. The van der Waals surface area contributed by atoms with Gasteiger partial charge in [0, 0.05) is 15.6 Å². The van der Waals surface area contributed by atoms with Gasteiger partial charge in [-0.25, -0.2) is 0 Å². The number of phenolic OH excluding ortho intramolecular Hbond substituents is 2. The van der Waals surface area contributed by atoms with Gasteiger partial charge in [-0.15, -0.1) is 0 Å². The summed E-state index contributed by atoms with van der Waals surface area (Å²) in [6.45, 7) is 0.0360. The molecule has 8 heteroatoms. The fourth-order valence-electron chi connectivity index (χ4n) is 2.33. The van der Waals surface area contributed by atoms with Gasteiger partial charge in [-0.2, -0.15) is 0 Å². The van der Waals surface area contributed by atoms with Crippen molar-refractivity contribution < 1.29 is 19.8 Å². The van der Waals surface area contributed by atoms with Crippen molar-refractivity contribution in [2.45, 2.75) is 6.54 Å². The van der Waals surface area contributed by atoms with Gasteiger partial charge in [0.25, 0.3) is 11.1 Å². The normalized spacial score (nSPS) is 16.1. The number of imide groups is 1. The molecular weight excluding hydrogens is 385 g/mol. The summed E-state index contributed by atoms with van der Waals surface area (Å²) in [5, 5.41) is 19.7. The van der Waals surface area contributed by atoms with Crippen LogP contribution in [0.1, 0.15) is 11.1 Å². The first-order valence-corrected chi connectivity index (χ1v) is 8.63. The zero-order valence-electron chi connectivity index (χ0n) is 12.6. The molecule has 2 aromatic rings. The fourth-order valence-corrected chi connectivity index (χ4v) is 3.73. The van der Waals surface area contributed by atoms with Gasteiger partial charge in [-0.3, -0.25) is 14.5 Å². The molecule has 2 amide bonds. The lowest BCUT2D eigenvalue weighted by molar-refractivity contribution is -0.123. The number of nitrogens with zero attached hydrogens (tertiary/aromatic N) is 1. The number of amides is 2. The van der Waals surface area contributed by atoms with Gasteiger partial charge >= 0.3 is 0 Å². The van der Waals surface area contributed by atoms with Crippen LogP contribution in [0.2, 0.25) is 10.0 Å². The SMILES string of the molecule is O=C1SC(=Cc2cccc(O)c2O)C(=O)N1Cc1cc(Cl)cc(Cl)c1. The quantitative estimate of drug-likeness (QED) is 0.584. The van der Waals surface area contributed by atoms with E-state index in [1.807, 2.05) is 0 Å². The molecule has 3 rings (SSSR count). The molecule has 1 aliphatic rings. The van der Waals surface area contributed by atoms with Gasteiger partial charge in [-0.1, -0.05) is 35.3 Å². The number of para-hydroxylation sites is 1. The summed E-state index contributed by atoms with van der Waals surface area (Å²) in [4.78, 5) is 25.9. The molecule has 0 unspecified atom stereocenters. The molecule has 25 heavy (non-hydrogen) atoms. The number of halogens is 2. The summed E-state index contributed by atoms with van der Waals surface area (Å²) in [5.74, 6) is -1.15. The topological polar surface area (TPSA) is 77.8 Å². The number of carbonyl (C=O) groups excluding carboxylic acids is 2. The fraction of sp³-hybridized carbons (Fsp3) is 0.0588. The molecule has 0 aromatic heterocycles. The number of carbonyl (C=O) groups is 2. The number of hydrogen-bond donors (Lipinski definition) is 2. The smallest absolute Gasteiger partial charge is 0.293 e. The summed E-state index contributed by atoms with van der Waals surface area (Å²) >= 11 is 12.6. The Morgan fingerprint density at radius 3 is 2.44 bits per heavy atom. The van der Waals surface area contributed by atoms with Crippen LogP contribution >= 0.6 is 35.0 Å². The third-order valence-electron chi connectivity index (χ3n) is 3.47. The lowest BCUT2D eigenvalue weighted by Crippen LogP contribution is -2.27. The monoisotopic (exact) mass is 395 g/mol. The molecule has 128 valence electrons. The number of benzene rings is 2. The van der Waals surface area contributed by atoms with E-state index >= 15 is 0 Å². The lowest BCUT2D eigenvalue weighted by atomic mass is 10.1. The van der Waals surface area contributed by atoms with Crippen LogP contribution < -0.4 is 0 Å². The number of hydrogen-bond acceptors (Lipinski definition) is 5. The molecule has 2 aromatic carbocycles. The molecule has 1 heterocycles. The van der Waals surface area contributed by atoms with Gasteiger partial charge in [0.15, 0.2) is 11.5 Å². The maximum Gasteiger partial charge on any atom is 0.293 e. The summed E-state index contributed by atoms with van der Waals surface area (Å²) in [6, 6.07) is 9.19. The molecule has 1 fully saturated rings. The highest BCUT2D eigenvalue weighted by Gasteiger charge is 2.35. The number of aromatic hydroxyl groups is 2. The van der Waals surface area contributed by atoms with E-state index in [0.717, 1.165) is 16.7 Å². The third-order valence-corrected chi connectivity index (χ3v) is 4.81. The third kappa shape index (κ3) is 3.76. The second kappa shape index (κ2) is 7.00. The Kier molecular flexibility index (Phi) is 4.94. The molecule has 1 aliphatic heterocycles. The van der Waals surface area contributed by atoms with Crippen LogP contribution in [0, 0.1) is 0 Å². The average molecular weight is 396 g/mol. The first-order valence-electron chi connectivity index (χ1n) is 7.06. The van der Waals surface area contributed by atoms with Crippen molar-refractivity contribution in [1.29, 1.82) is 0 Å². The number of phenols is 2. The molecule has 0 aliphatic carbocycles. The highest BCUT2D eigenvalue weighted by Crippen LogP contribution is 2.37. The van der Waals surface area contributed by atoms with E-state index in [4.69, 9.17) is 23.2 Å². The predicted molar refractivity (Wildman–Crippen MR) is 97.7 cm³/mol. The van der Waals surface area contributed by atoms with Crippen LogP contribution in [0.25, 0.3) is 6.08 Å². The molecule has 5 nitrogen and oxygen atoms in total. The van der Waals surface area contributed by atoms with Crippen LogP contribution in [0.15, 0.2) is 41.3 Å². The van der Waals surface area contributed by atoms with Crippen LogP contribution in [-0.4, -0.2) is 26.3 Å². The Morgan fingerprint density at radius 2 is 1.76 bits per heavy atom. The van der Waals surface area contributed by atoms with Crippen molar-refractivity contribution in [3.05, 3.63) is 62.5 Å². The van der Waals surface area contributed by atoms with Gasteiger partial charge in [0.05, 0.1) is 11.4 Å². The average Bonchev–Trinajstić information content (AvgIpc) is 2.78. The van der Waals surface area contributed by atoms with Crippen molar-refractivity contribution >= 4 is 52.2 Å². The van der Waals surface area contributed by atoms with Gasteiger partial charge in [-0.05, 0) is 47.7 Å². The summed E-state index contributed by atoms with van der Waals surface area (Å²) in [5.41, 5.74) is 0.873. The van der Waals surface area contributed by atoms with E-state index in [0.29, 0.717) is 15.6 Å². The number of thioether (sulfide) groups is 1. The largest absolute Gasteiger partial charge is 0.504 e. The predicted octanol–water partition coefficient (Wildman–Crippen LogP) is 4.64. The first-order chi connectivity index (χ1) is 11.8. The molecule has 2 N–H and O–H groups in total. The summed E-state index contributed by atoms with van der Waals surface area (Å²) < 4.78 is 0. The lowest BCUT2D eigenvalue weighted by Gasteiger charge is -2.13. The standard InChI is InChI=1S/C17H11Cl2NO4S/c18-11-4-9(5-12(19)7-11)8-20-16(23)14(25-17(20)24)6-10-2-1-3-13(21)15(10)22/h1-7,21-22H,8H2. The zero-order chi connectivity index (χ0) is 18.1. The van der Waals surface area contributed by atoms with Crippen molar-refractivity contribution in [3.8, 4) is 11.5 Å². The van der Waals surface area contributed by atoms with E-state index < -0.39 is 11.1 Å². The van der Waals surface area contributed by atoms with E-state index in [9.17, 15) is 19.8 Å².